The maximum absolute atomic E-state index is 6.48. The van der Waals surface area contributed by atoms with Gasteiger partial charge >= 0.3 is 0 Å². The molecule has 3 heteroatoms. The van der Waals surface area contributed by atoms with Gasteiger partial charge in [-0.2, -0.15) is 0 Å². The van der Waals surface area contributed by atoms with Gasteiger partial charge in [-0.25, -0.2) is 0 Å². The first-order valence-electron chi connectivity index (χ1n) is 6.67. The van der Waals surface area contributed by atoms with Crippen LogP contribution in [0, 0.1) is 26.7 Å². The number of benzene rings is 1. The minimum absolute atomic E-state index is 0.129. The van der Waals surface area contributed by atoms with E-state index in [1.807, 2.05) is 0 Å². The zero-order valence-corrected chi connectivity index (χ0v) is 11.8. The molecule has 1 saturated heterocycles. The number of nitrogens with two attached hydrogens (primary N) is 1. The topological polar surface area (TPSA) is 47.3 Å². The van der Waals surface area contributed by atoms with Gasteiger partial charge in [-0.15, -0.1) is 0 Å². The summed E-state index contributed by atoms with van der Waals surface area (Å²) < 4.78 is 5.41. The predicted molar refractivity (Wildman–Crippen MR) is 75.1 cm³/mol. The summed E-state index contributed by atoms with van der Waals surface area (Å²) >= 11 is 0. The SMILES string of the molecule is COc1cc(C)c(C(N)C2CCNC2)c(C)c1C. The number of nitrogens with one attached hydrogen (secondary N) is 1. The monoisotopic (exact) mass is 248 g/mol. The fourth-order valence-corrected chi connectivity index (χ4v) is 3.01. The maximum Gasteiger partial charge on any atom is 0.122 e. The van der Waals surface area contributed by atoms with Crippen LogP contribution in [0.3, 0.4) is 0 Å². The summed E-state index contributed by atoms with van der Waals surface area (Å²) in [7, 11) is 1.72. The summed E-state index contributed by atoms with van der Waals surface area (Å²) in [4.78, 5) is 0. The molecule has 0 aromatic heterocycles. The van der Waals surface area contributed by atoms with Crippen molar-refractivity contribution in [1.29, 1.82) is 0 Å². The van der Waals surface area contributed by atoms with Crippen molar-refractivity contribution in [2.75, 3.05) is 20.2 Å². The highest BCUT2D eigenvalue weighted by molar-refractivity contribution is 5.49. The van der Waals surface area contributed by atoms with Crippen molar-refractivity contribution >= 4 is 0 Å². The summed E-state index contributed by atoms with van der Waals surface area (Å²) in [5, 5.41) is 3.39. The normalized spacial score (nSPS) is 21.1. The summed E-state index contributed by atoms with van der Waals surface area (Å²) in [6.45, 7) is 8.52. The zero-order valence-electron chi connectivity index (χ0n) is 11.8. The molecule has 0 aliphatic carbocycles. The molecule has 0 bridgehead atoms. The molecule has 2 unspecified atom stereocenters. The van der Waals surface area contributed by atoms with E-state index in [4.69, 9.17) is 10.5 Å². The first kappa shape index (κ1) is 13.4. The van der Waals surface area contributed by atoms with Crippen LogP contribution < -0.4 is 15.8 Å². The van der Waals surface area contributed by atoms with Crippen LogP contribution in [0.4, 0.5) is 0 Å². The highest BCUT2D eigenvalue weighted by Gasteiger charge is 2.26. The Kier molecular flexibility index (Phi) is 3.93. The Balaban J connectivity index is 2.40. The largest absolute Gasteiger partial charge is 0.496 e. The molecule has 0 spiro atoms. The van der Waals surface area contributed by atoms with E-state index in [1.54, 1.807) is 7.11 Å². The van der Waals surface area contributed by atoms with E-state index in [9.17, 15) is 0 Å². The Hall–Kier alpha value is -1.06. The third-order valence-corrected chi connectivity index (χ3v) is 4.27. The summed E-state index contributed by atoms with van der Waals surface area (Å²) in [6, 6.07) is 2.24. The molecular formula is C15H24N2O. The Labute approximate surface area is 110 Å². The molecule has 18 heavy (non-hydrogen) atoms. The van der Waals surface area contributed by atoms with Gasteiger partial charge in [0.1, 0.15) is 5.75 Å². The van der Waals surface area contributed by atoms with Crippen LogP contribution in [-0.2, 0) is 0 Å². The minimum atomic E-state index is 0.129. The van der Waals surface area contributed by atoms with E-state index >= 15 is 0 Å². The van der Waals surface area contributed by atoms with E-state index in [1.165, 1.54) is 28.7 Å². The zero-order chi connectivity index (χ0) is 13.3. The predicted octanol–water partition coefficient (Wildman–Crippen LogP) is 2.23. The van der Waals surface area contributed by atoms with Gasteiger partial charge in [0.2, 0.25) is 0 Å². The molecule has 100 valence electrons. The Morgan fingerprint density at radius 1 is 1.33 bits per heavy atom. The Morgan fingerprint density at radius 2 is 2.06 bits per heavy atom. The third-order valence-electron chi connectivity index (χ3n) is 4.27. The molecule has 0 radical (unpaired) electrons. The van der Waals surface area contributed by atoms with Gasteiger partial charge in [0.25, 0.3) is 0 Å². The van der Waals surface area contributed by atoms with Crippen molar-refractivity contribution in [3.8, 4) is 5.75 Å². The molecule has 1 fully saturated rings. The number of methoxy groups -OCH3 is 1. The molecule has 3 N–H and O–H groups in total. The number of rotatable bonds is 3. The lowest BCUT2D eigenvalue weighted by atomic mass is 9.85. The molecule has 0 saturated carbocycles. The lowest BCUT2D eigenvalue weighted by Crippen LogP contribution is -2.25. The average molecular weight is 248 g/mol. The molecule has 1 aliphatic rings. The fraction of sp³-hybridized carbons (Fsp3) is 0.600. The van der Waals surface area contributed by atoms with Crippen LogP contribution in [0.15, 0.2) is 6.07 Å². The number of hydrogen-bond acceptors (Lipinski definition) is 3. The highest BCUT2D eigenvalue weighted by Crippen LogP contribution is 2.34. The van der Waals surface area contributed by atoms with Crippen molar-refractivity contribution in [1.82, 2.24) is 5.32 Å². The van der Waals surface area contributed by atoms with E-state index in [0.29, 0.717) is 5.92 Å². The summed E-state index contributed by atoms with van der Waals surface area (Å²) in [5.74, 6) is 1.51. The summed E-state index contributed by atoms with van der Waals surface area (Å²) in [5.41, 5.74) is 11.5. The lowest BCUT2D eigenvalue weighted by Gasteiger charge is -2.25. The third kappa shape index (κ3) is 2.25. The molecule has 2 rings (SSSR count). The van der Waals surface area contributed by atoms with E-state index in [0.717, 1.165) is 18.8 Å². The van der Waals surface area contributed by atoms with Gasteiger partial charge in [-0.1, -0.05) is 0 Å². The van der Waals surface area contributed by atoms with Crippen molar-refractivity contribution in [2.24, 2.45) is 11.7 Å². The van der Waals surface area contributed by atoms with Crippen LogP contribution in [-0.4, -0.2) is 20.2 Å². The van der Waals surface area contributed by atoms with Gasteiger partial charge < -0.3 is 15.8 Å². The molecule has 3 nitrogen and oxygen atoms in total. The van der Waals surface area contributed by atoms with Crippen LogP contribution in [0.1, 0.15) is 34.7 Å². The second-order valence-corrected chi connectivity index (χ2v) is 5.34. The molecule has 1 heterocycles. The van der Waals surface area contributed by atoms with Crippen molar-refractivity contribution in [2.45, 2.75) is 33.2 Å². The maximum atomic E-state index is 6.48. The van der Waals surface area contributed by atoms with Crippen LogP contribution >= 0.6 is 0 Å². The van der Waals surface area contributed by atoms with E-state index in [-0.39, 0.29) is 6.04 Å². The number of ether oxygens (including phenoxy) is 1. The minimum Gasteiger partial charge on any atom is -0.496 e. The summed E-state index contributed by atoms with van der Waals surface area (Å²) in [6.07, 6.45) is 1.17. The first-order valence-corrected chi connectivity index (χ1v) is 6.67. The Morgan fingerprint density at radius 3 is 2.61 bits per heavy atom. The fourth-order valence-electron chi connectivity index (χ4n) is 3.01. The van der Waals surface area contributed by atoms with E-state index in [2.05, 4.69) is 32.2 Å². The van der Waals surface area contributed by atoms with Crippen LogP contribution in [0.2, 0.25) is 0 Å². The van der Waals surface area contributed by atoms with Crippen LogP contribution in [0.5, 0.6) is 5.75 Å². The second kappa shape index (κ2) is 5.29. The van der Waals surface area contributed by atoms with E-state index < -0.39 is 0 Å². The smallest absolute Gasteiger partial charge is 0.122 e. The van der Waals surface area contributed by atoms with Gasteiger partial charge in [0.05, 0.1) is 7.11 Å². The average Bonchev–Trinajstić information content (AvgIpc) is 2.87. The van der Waals surface area contributed by atoms with Crippen molar-refractivity contribution < 1.29 is 4.74 Å². The second-order valence-electron chi connectivity index (χ2n) is 5.34. The molecule has 1 aliphatic heterocycles. The lowest BCUT2D eigenvalue weighted by molar-refractivity contribution is 0.409. The molecular weight excluding hydrogens is 224 g/mol. The number of hydrogen-bond donors (Lipinski definition) is 2. The quantitative estimate of drug-likeness (QED) is 0.862. The number of aryl methyl sites for hydroxylation is 1. The molecule has 0 amide bonds. The van der Waals surface area contributed by atoms with Gasteiger partial charge in [0, 0.05) is 6.04 Å². The molecule has 1 aromatic carbocycles. The standard InChI is InChI=1S/C15H24N2O/c1-9-7-13(18-4)10(2)11(3)14(9)15(16)12-5-6-17-8-12/h7,12,15,17H,5-6,8,16H2,1-4H3. The Bertz CT molecular complexity index is 437. The highest BCUT2D eigenvalue weighted by atomic mass is 16.5. The molecule has 1 aromatic rings. The van der Waals surface area contributed by atoms with Gasteiger partial charge in [-0.05, 0) is 74.5 Å². The first-order chi connectivity index (χ1) is 8.56. The van der Waals surface area contributed by atoms with Gasteiger partial charge in [0.15, 0.2) is 0 Å². The van der Waals surface area contributed by atoms with Crippen molar-refractivity contribution in [3.05, 3.63) is 28.3 Å². The van der Waals surface area contributed by atoms with Crippen molar-refractivity contribution in [3.63, 3.8) is 0 Å². The van der Waals surface area contributed by atoms with Crippen LogP contribution in [0.25, 0.3) is 0 Å². The van der Waals surface area contributed by atoms with Gasteiger partial charge in [-0.3, -0.25) is 0 Å². The molecule has 2 atom stereocenters.